The van der Waals surface area contributed by atoms with Crippen LogP contribution < -0.4 is 5.32 Å². The van der Waals surface area contributed by atoms with Crippen molar-refractivity contribution in [1.82, 2.24) is 5.32 Å². The van der Waals surface area contributed by atoms with Crippen LogP contribution in [-0.2, 0) is 14.6 Å². The quantitative estimate of drug-likeness (QED) is 0.744. The van der Waals surface area contributed by atoms with E-state index in [-0.39, 0.29) is 4.90 Å². The van der Waals surface area contributed by atoms with Gasteiger partial charge in [-0.2, -0.15) is 0 Å². The third kappa shape index (κ3) is 5.87. The van der Waals surface area contributed by atoms with Gasteiger partial charge in [0.1, 0.15) is 5.75 Å². The number of sulfone groups is 1. The Morgan fingerprint density at radius 2 is 1.79 bits per heavy atom. The molecule has 0 aliphatic carbocycles. The topological polar surface area (TPSA) is 63.2 Å². The third-order valence-corrected chi connectivity index (χ3v) is 4.41. The summed E-state index contributed by atoms with van der Waals surface area (Å²) in [5.41, 5.74) is 0. The number of amides is 1. The Hall–Kier alpha value is -1.36. The van der Waals surface area contributed by atoms with Gasteiger partial charge in [0.2, 0.25) is 5.91 Å². The minimum Gasteiger partial charge on any atom is -0.355 e. The van der Waals surface area contributed by atoms with Crippen LogP contribution in [0.25, 0.3) is 0 Å². The summed E-state index contributed by atoms with van der Waals surface area (Å²) in [4.78, 5) is 11.8. The average molecular weight is 283 g/mol. The van der Waals surface area contributed by atoms with Crippen molar-refractivity contribution in [1.29, 1.82) is 0 Å². The Morgan fingerprint density at radius 1 is 1.11 bits per heavy atom. The maximum Gasteiger partial charge on any atom is 0.235 e. The minimum absolute atomic E-state index is 0.191. The normalized spacial score (nSPS) is 11.2. The fourth-order valence-electron chi connectivity index (χ4n) is 1.71. The molecule has 1 aromatic rings. The van der Waals surface area contributed by atoms with Crippen LogP contribution in [0.5, 0.6) is 0 Å². The lowest BCUT2D eigenvalue weighted by Crippen LogP contribution is -2.31. The first-order valence-corrected chi connectivity index (χ1v) is 8.26. The van der Waals surface area contributed by atoms with E-state index in [4.69, 9.17) is 0 Å². The smallest absolute Gasteiger partial charge is 0.235 e. The van der Waals surface area contributed by atoms with Crippen LogP contribution in [0.1, 0.15) is 32.6 Å². The van der Waals surface area contributed by atoms with Gasteiger partial charge in [-0.05, 0) is 18.6 Å². The predicted molar refractivity (Wildman–Crippen MR) is 75.6 cm³/mol. The molecule has 106 valence electrons. The molecule has 1 rings (SSSR count). The number of carbonyl (C=O) groups excluding carboxylic acids is 1. The molecule has 1 aromatic carbocycles. The second-order valence-electron chi connectivity index (χ2n) is 4.48. The summed E-state index contributed by atoms with van der Waals surface area (Å²) in [6.07, 6.45) is 4.22. The molecule has 0 unspecified atom stereocenters. The summed E-state index contributed by atoms with van der Waals surface area (Å²) in [5.74, 6) is -0.912. The maximum absolute atomic E-state index is 11.9. The zero-order valence-electron chi connectivity index (χ0n) is 11.3. The van der Waals surface area contributed by atoms with Crippen molar-refractivity contribution >= 4 is 15.7 Å². The lowest BCUT2D eigenvalue weighted by atomic mass is 10.2. The van der Waals surface area contributed by atoms with Gasteiger partial charge in [0.25, 0.3) is 0 Å². The van der Waals surface area contributed by atoms with Gasteiger partial charge in [-0.25, -0.2) is 8.42 Å². The van der Waals surface area contributed by atoms with Crippen molar-refractivity contribution in [3.63, 3.8) is 0 Å². The maximum atomic E-state index is 11.9. The monoisotopic (exact) mass is 283 g/mol. The molecule has 0 aliphatic heterocycles. The van der Waals surface area contributed by atoms with Gasteiger partial charge < -0.3 is 5.32 Å². The summed E-state index contributed by atoms with van der Waals surface area (Å²) in [7, 11) is -3.52. The number of hydrogen-bond acceptors (Lipinski definition) is 3. The number of rotatable bonds is 8. The number of nitrogens with one attached hydrogen (secondary N) is 1. The molecule has 1 N–H and O–H groups in total. The van der Waals surface area contributed by atoms with Crippen LogP contribution in [0.2, 0.25) is 0 Å². The first kappa shape index (κ1) is 15.7. The molecule has 19 heavy (non-hydrogen) atoms. The number of benzene rings is 1. The van der Waals surface area contributed by atoms with Gasteiger partial charge in [-0.3, -0.25) is 4.79 Å². The zero-order chi connectivity index (χ0) is 14.1. The van der Waals surface area contributed by atoms with Crippen LogP contribution in [0.3, 0.4) is 0 Å². The summed E-state index contributed by atoms with van der Waals surface area (Å²) in [6, 6.07) is 8.05. The van der Waals surface area contributed by atoms with E-state index in [0.717, 1.165) is 25.7 Å². The first-order valence-electron chi connectivity index (χ1n) is 6.61. The Kier molecular flexibility index (Phi) is 6.56. The van der Waals surface area contributed by atoms with E-state index >= 15 is 0 Å². The fourth-order valence-corrected chi connectivity index (χ4v) is 2.90. The largest absolute Gasteiger partial charge is 0.355 e. The second-order valence-corrected chi connectivity index (χ2v) is 6.47. The van der Waals surface area contributed by atoms with Crippen LogP contribution >= 0.6 is 0 Å². The van der Waals surface area contributed by atoms with Crippen molar-refractivity contribution in [3.05, 3.63) is 30.3 Å². The number of unbranched alkanes of at least 4 members (excludes halogenated alkanes) is 3. The Bertz CT molecular complexity index is 483. The molecule has 0 fully saturated rings. The molecule has 0 saturated carbocycles. The molecular weight excluding hydrogens is 262 g/mol. The molecule has 0 spiro atoms. The van der Waals surface area contributed by atoms with Crippen molar-refractivity contribution in [2.24, 2.45) is 0 Å². The van der Waals surface area contributed by atoms with Crippen molar-refractivity contribution < 1.29 is 13.2 Å². The molecule has 0 bridgehead atoms. The highest BCUT2D eigenvalue weighted by Gasteiger charge is 2.18. The standard InChI is InChI=1S/C14H21NO3S/c1-2-3-4-8-11-15-14(16)12-19(17,18)13-9-6-5-7-10-13/h5-7,9-10H,2-4,8,11-12H2,1H3,(H,15,16). The SMILES string of the molecule is CCCCCCNC(=O)CS(=O)(=O)c1ccccc1. The molecule has 5 heteroatoms. The van der Waals surface area contributed by atoms with E-state index in [2.05, 4.69) is 12.2 Å². The highest BCUT2D eigenvalue weighted by atomic mass is 32.2. The van der Waals surface area contributed by atoms with Crippen molar-refractivity contribution in [2.75, 3.05) is 12.3 Å². The molecule has 0 saturated heterocycles. The van der Waals surface area contributed by atoms with E-state index in [1.165, 1.54) is 12.1 Å². The van der Waals surface area contributed by atoms with Gasteiger partial charge in [0.05, 0.1) is 4.90 Å². The van der Waals surface area contributed by atoms with Gasteiger partial charge in [0, 0.05) is 6.54 Å². The predicted octanol–water partition coefficient (Wildman–Crippen LogP) is 2.16. The second kappa shape index (κ2) is 7.94. The van der Waals surface area contributed by atoms with E-state index < -0.39 is 21.5 Å². The Balaban J connectivity index is 2.40. The molecule has 0 aliphatic rings. The Labute approximate surface area is 115 Å². The summed E-state index contributed by atoms with van der Waals surface area (Å²) in [6.45, 7) is 2.66. The summed E-state index contributed by atoms with van der Waals surface area (Å²) < 4.78 is 23.8. The fraction of sp³-hybridized carbons (Fsp3) is 0.500. The third-order valence-electron chi connectivity index (χ3n) is 2.78. The van der Waals surface area contributed by atoms with Gasteiger partial charge in [-0.1, -0.05) is 44.4 Å². The van der Waals surface area contributed by atoms with Gasteiger partial charge in [-0.15, -0.1) is 0 Å². The minimum atomic E-state index is -3.52. The van der Waals surface area contributed by atoms with Crippen molar-refractivity contribution in [2.45, 2.75) is 37.5 Å². The van der Waals surface area contributed by atoms with Crippen molar-refractivity contribution in [3.8, 4) is 0 Å². The first-order chi connectivity index (χ1) is 9.06. The molecule has 4 nitrogen and oxygen atoms in total. The highest BCUT2D eigenvalue weighted by molar-refractivity contribution is 7.92. The van der Waals surface area contributed by atoms with Crippen LogP contribution in [0, 0.1) is 0 Å². The molecule has 0 aromatic heterocycles. The molecule has 0 atom stereocenters. The lowest BCUT2D eigenvalue weighted by molar-refractivity contribution is -0.118. The van der Waals surface area contributed by atoms with Crippen LogP contribution in [0.4, 0.5) is 0 Å². The Morgan fingerprint density at radius 3 is 2.42 bits per heavy atom. The van der Waals surface area contributed by atoms with E-state index in [1.807, 2.05) is 0 Å². The number of carbonyl (C=O) groups is 1. The molecule has 1 amide bonds. The van der Waals surface area contributed by atoms with E-state index in [1.54, 1.807) is 18.2 Å². The zero-order valence-corrected chi connectivity index (χ0v) is 12.1. The molecule has 0 heterocycles. The average Bonchev–Trinajstić information content (AvgIpc) is 2.39. The van der Waals surface area contributed by atoms with Crippen LogP contribution in [0.15, 0.2) is 35.2 Å². The number of hydrogen-bond donors (Lipinski definition) is 1. The summed E-state index contributed by atoms with van der Waals surface area (Å²) in [5, 5.41) is 2.65. The van der Waals surface area contributed by atoms with Crippen LogP contribution in [-0.4, -0.2) is 26.6 Å². The van der Waals surface area contributed by atoms with E-state index in [9.17, 15) is 13.2 Å². The summed E-state index contributed by atoms with van der Waals surface area (Å²) >= 11 is 0. The van der Waals surface area contributed by atoms with Gasteiger partial charge in [0.15, 0.2) is 9.84 Å². The molecule has 0 radical (unpaired) electrons. The molecular formula is C14H21NO3S. The van der Waals surface area contributed by atoms with E-state index in [0.29, 0.717) is 6.54 Å². The lowest BCUT2D eigenvalue weighted by Gasteiger charge is -2.06. The highest BCUT2D eigenvalue weighted by Crippen LogP contribution is 2.09. The van der Waals surface area contributed by atoms with Gasteiger partial charge >= 0.3 is 0 Å².